The average molecular weight is 675 g/mol. The standard InChI is InChI=1S/C46H50N4O/c1-29-23-34(50-43(46(9,10)11)42(30(2)48-50)31-15-13-12-14-16-31)27-36(24-29)51-35-18-19-37-38-25-32(44(3,4)5)17-20-39(38)49(40(37)28-35)41-26-33(21-22-47-41)45(6,7)8/h12-28H,1-11H3. The number of rotatable bonds is 5. The van der Waals surface area contributed by atoms with Crippen LogP contribution in [-0.4, -0.2) is 19.3 Å². The van der Waals surface area contributed by atoms with Gasteiger partial charge in [0.1, 0.15) is 17.3 Å². The summed E-state index contributed by atoms with van der Waals surface area (Å²) in [4.78, 5) is 4.91. The highest BCUT2D eigenvalue weighted by atomic mass is 16.5. The molecule has 0 bridgehead atoms. The van der Waals surface area contributed by atoms with Crippen LogP contribution in [0.1, 0.15) is 90.4 Å². The van der Waals surface area contributed by atoms with Crippen LogP contribution in [0.5, 0.6) is 11.5 Å². The van der Waals surface area contributed by atoms with E-state index in [1.165, 1.54) is 38.7 Å². The van der Waals surface area contributed by atoms with Crippen molar-refractivity contribution in [1.29, 1.82) is 0 Å². The Bertz CT molecular complexity index is 2410. The minimum Gasteiger partial charge on any atom is -0.457 e. The Balaban J connectivity index is 1.37. The van der Waals surface area contributed by atoms with E-state index < -0.39 is 0 Å². The van der Waals surface area contributed by atoms with Gasteiger partial charge in [0.15, 0.2) is 0 Å². The van der Waals surface area contributed by atoms with Gasteiger partial charge in [0, 0.05) is 40.1 Å². The Morgan fingerprint density at radius 3 is 1.98 bits per heavy atom. The van der Waals surface area contributed by atoms with Crippen LogP contribution < -0.4 is 4.74 Å². The number of pyridine rings is 1. The maximum absolute atomic E-state index is 6.74. The predicted octanol–water partition coefficient (Wildman–Crippen LogP) is 12.3. The molecule has 0 aliphatic rings. The summed E-state index contributed by atoms with van der Waals surface area (Å²) in [5.41, 5.74) is 11.2. The first kappa shape index (κ1) is 34.3. The second kappa shape index (κ2) is 12.3. The third kappa shape index (κ3) is 6.46. The van der Waals surface area contributed by atoms with Crippen molar-refractivity contribution >= 4 is 21.8 Å². The molecule has 0 unspecified atom stereocenters. The quantitative estimate of drug-likeness (QED) is 0.182. The van der Waals surface area contributed by atoms with Crippen LogP contribution in [0.3, 0.4) is 0 Å². The van der Waals surface area contributed by atoms with E-state index in [0.29, 0.717) is 0 Å². The highest BCUT2D eigenvalue weighted by Crippen LogP contribution is 2.40. The van der Waals surface area contributed by atoms with Crippen molar-refractivity contribution in [2.45, 2.75) is 92.4 Å². The second-order valence-corrected chi connectivity index (χ2v) is 17.1. The molecule has 3 aromatic heterocycles. The lowest BCUT2D eigenvalue weighted by Gasteiger charge is -2.23. The van der Waals surface area contributed by atoms with Crippen LogP contribution >= 0.6 is 0 Å². The fourth-order valence-corrected chi connectivity index (χ4v) is 7.19. The van der Waals surface area contributed by atoms with Gasteiger partial charge in [-0.3, -0.25) is 4.57 Å². The molecular weight excluding hydrogens is 625 g/mol. The number of nitrogens with zero attached hydrogens (tertiary/aromatic N) is 4. The number of benzene rings is 4. The lowest BCUT2D eigenvalue weighted by Crippen LogP contribution is -2.18. The molecule has 0 aliphatic carbocycles. The molecule has 7 rings (SSSR count). The smallest absolute Gasteiger partial charge is 0.137 e. The summed E-state index contributed by atoms with van der Waals surface area (Å²) in [6.45, 7) is 24.5. The SMILES string of the molecule is Cc1cc(Oc2ccc3c4cc(C(C)(C)C)ccc4n(-c4cc(C(C)(C)C)ccn4)c3c2)cc(-n2nc(C)c(-c3ccccc3)c2C(C)(C)C)c1. The lowest BCUT2D eigenvalue weighted by atomic mass is 9.86. The zero-order chi connectivity index (χ0) is 36.5. The minimum absolute atomic E-state index is 0.00513. The first-order valence-electron chi connectivity index (χ1n) is 18.0. The van der Waals surface area contributed by atoms with Gasteiger partial charge in [0.2, 0.25) is 0 Å². The molecule has 51 heavy (non-hydrogen) atoms. The molecule has 0 fully saturated rings. The molecule has 3 heterocycles. The number of hydrogen-bond donors (Lipinski definition) is 0. The van der Waals surface area contributed by atoms with E-state index >= 15 is 0 Å². The Kier molecular flexibility index (Phi) is 8.24. The summed E-state index contributed by atoms with van der Waals surface area (Å²) in [5, 5.41) is 7.51. The molecule has 0 N–H and O–H groups in total. The molecular formula is C46H50N4O. The average Bonchev–Trinajstić information content (AvgIpc) is 3.58. The van der Waals surface area contributed by atoms with Crippen molar-refractivity contribution < 1.29 is 4.74 Å². The van der Waals surface area contributed by atoms with Crippen molar-refractivity contribution in [3.63, 3.8) is 0 Å². The number of fused-ring (bicyclic) bond motifs is 3. The van der Waals surface area contributed by atoms with Crippen molar-refractivity contribution in [2.24, 2.45) is 0 Å². The molecule has 0 spiro atoms. The Hall–Kier alpha value is -5.16. The molecule has 0 aliphatic heterocycles. The third-order valence-electron chi connectivity index (χ3n) is 9.79. The zero-order valence-corrected chi connectivity index (χ0v) is 32.0. The van der Waals surface area contributed by atoms with E-state index in [9.17, 15) is 0 Å². The molecule has 0 amide bonds. The van der Waals surface area contributed by atoms with Crippen LogP contribution in [0.25, 0.3) is 44.4 Å². The van der Waals surface area contributed by atoms with Gasteiger partial charge in [-0.15, -0.1) is 0 Å². The van der Waals surface area contributed by atoms with E-state index in [-0.39, 0.29) is 16.2 Å². The molecule has 0 atom stereocenters. The molecule has 0 saturated heterocycles. The van der Waals surface area contributed by atoms with Gasteiger partial charge < -0.3 is 4.74 Å². The van der Waals surface area contributed by atoms with Crippen molar-refractivity contribution in [1.82, 2.24) is 19.3 Å². The van der Waals surface area contributed by atoms with E-state index in [0.717, 1.165) is 45.3 Å². The minimum atomic E-state index is -0.152. The van der Waals surface area contributed by atoms with Crippen LogP contribution in [0.2, 0.25) is 0 Å². The highest BCUT2D eigenvalue weighted by molar-refractivity contribution is 6.09. The van der Waals surface area contributed by atoms with Crippen LogP contribution in [0.4, 0.5) is 0 Å². The van der Waals surface area contributed by atoms with Gasteiger partial charge >= 0.3 is 0 Å². The molecule has 4 aromatic carbocycles. The zero-order valence-electron chi connectivity index (χ0n) is 32.0. The lowest BCUT2D eigenvalue weighted by molar-refractivity contribution is 0.481. The topological polar surface area (TPSA) is 44.9 Å². The Labute approximate surface area is 302 Å². The number of aromatic nitrogens is 4. The fraction of sp³-hybridized carbons (Fsp3) is 0.304. The highest BCUT2D eigenvalue weighted by Gasteiger charge is 2.28. The third-order valence-corrected chi connectivity index (χ3v) is 9.79. The first-order valence-corrected chi connectivity index (χ1v) is 18.0. The van der Waals surface area contributed by atoms with Crippen molar-refractivity contribution in [3.05, 3.63) is 131 Å². The fourth-order valence-electron chi connectivity index (χ4n) is 7.19. The maximum atomic E-state index is 6.74. The van der Waals surface area contributed by atoms with E-state index in [4.69, 9.17) is 14.8 Å². The molecule has 260 valence electrons. The van der Waals surface area contributed by atoms with E-state index in [1.807, 2.05) is 6.20 Å². The molecule has 0 radical (unpaired) electrons. The van der Waals surface area contributed by atoms with Crippen molar-refractivity contribution in [2.75, 3.05) is 0 Å². The Morgan fingerprint density at radius 1 is 0.588 bits per heavy atom. The summed E-state index contributed by atoms with van der Waals surface area (Å²) in [6, 6.07) is 34.6. The largest absolute Gasteiger partial charge is 0.457 e. The summed E-state index contributed by atoms with van der Waals surface area (Å²) in [5.74, 6) is 2.44. The van der Waals surface area contributed by atoms with Crippen LogP contribution in [0.15, 0.2) is 103 Å². The first-order chi connectivity index (χ1) is 24.0. The van der Waals surface area contributed by atoms with Gasteiger partial charge in [-0.05, 0) is 95.5 Å². The second-order valence-electron chi connectivity index (χ2n) is 17.1. The number of ether oxygens (including phenoxy) is 1. The van der Waals surface area contributed by atoms with E-state index in [1.54, 1.807) is 0 Å². The van der Waals surface area contributed by atoms with Gasteiger partial charge in [0.25, 0.3) is 0 Å². The predicted molar refractivity (Wildman–Crippen MR) is 213 cm³/mol. The van der Waals surface area contributed by atoms with Gasteiger partial charge in [-0.1, -0.05) is 98.7 Å². The number of hydrogen-bond acceptors (Lipinski definition) is 3. The number of aryl methyl sites for hydroxylation is 2. The van der Waals surface area contributed by atoms with Gasteiger partial charge in [-0.25, -0.2) is 9.67 Å². The summed E-state index contributed by atoms with van der Waals surface area (Å²) < 4.78 is 11.1. The molecule has 5 heteroatoms. The monoisotopic (exact) mass is 674 g/mol. The molecule has 0 saturated carbocycles. The Morgan fingerprint density at radius 2 is 1.29 bits per heavy atom. The van der Waals surface area contributed by atoms with Crippen LogP contribution in [-0.2, 0) is 16.2 Å². The van der Waals surface area contributed by atoms with Gasteiger partial charge in [0.05, 0.1) is 28.1 Å². The maximum Gasteiger partial charge on any atom is 0.137 e. The normalized spacial score (nSPS) is 12.6. The van der Waals surface area contributed by atoms with Gasteiger partial charge in [-0.2, -0.15) is 5.10 Å². The van der Waals surface area contributed by atoms with Crippen molar-refractivity contribution in [3.8, 4) is 34.1 Å². The summed E-state index contributed by atoms with van der Waals surface area (Å²) in [6.07, 6.45) is 1.93. The molecule has 5 nitrogen and oxygen atoms in total. The summed E-state index contributed by atoms with van der Waals surface area (Å²) in [7, 11) is 0. The molecule has 7 aromatic rings. The van der Waals surface area contributed by atoms with E-state index in [2.05, 4.69) is 182 Å². The summed E-state index contributed by atoms with van der Waals surface area (Å²) >= 11 is 0. The van der Waals surface area contributed by atoms with Crippen LogP contribution in [0, 0.1) is 13.8 Å².